The van der Waals surface area contributed by atoms with Crippen LogP contribution in [0.2, 0.25) is 17.1 Å². The van der Waals surface area contributed by atoms with Crippen molar-refractivity contribution in [3.05, 3.63) is 12.7 Å². The Balaban J connectivity index is 5.03. The molecular weight excluding hydrogens is 216 g/mol. The van der Waals surface area contributed by atoms with E-state index < -0.39 is 8.32 Å². The predicted octanol–water partition coefficient (Wildman–Crippen LogP) is 3.93. The van der Waals surface area contributed by atoms with E-state index >= 15 is 0 Å². The molecule has 0 aliphatic carbocycles. The third-order valence-electron chi connectivity index (χ3n) is 3.39. The van der Waals surface area contributed by atoms with Gasteiger partial charge in [-0.1, -0.05) is 33.8 Å². The molecule has 3 heteroatoms. The summed E-state index contributed by atoms with van der Waals surface area (Å²) in [5, 5.41) is 0. The van der Waals surface area contributed by atoms with E-state index in [1.54, 1.807) is 6.92 Å². The third kappa shape index (κ3) is 3.56. The first kappa shape index (κ1) is 15.6. The van der Waals surface area contributed by atoms with Gasteiger partial charge in [0.2, 0.25) is 8.32 Å². The zero-order valence-electron chi connectivity index (χ0n) is 11.5. The first-order valence-corrected chi connectivity index (χ1v) is 8.34. The molecule has 16 heavy (non-hydrogen) atoms. The molecule has 0 amide bonds. The lowest BCUT2D eigenvalue weighted by molar-refractivity contribution is -0.123. The summed E-state index contributed by atoms with van der Waals surface area (Å²) in [7, 11) is -1.91. The van der Waals surface area contributed by atoms with E-state index in [9.17, 15) is 4.79 Å². The highest BCUT2D eigenvalue weighted by Crippen LogP contribution is 2.38. The molecule has 0 aromatic rings. The normalized spacial score (nSPS) is 14.2. The van der Waals surface area contributed by atoms with Gasteiger partial charge < -0.3 is 4.43 Å². The standard InChI is InChI=1S/C13H26O2Si/c1-8-9-16(10(2)3,11(4)5)15-13(7)12(6)14/h8,10-11,13H,1,9H2,2-7H3/t13-/m1/s1. The summed E-state index contributed by atoms with van der Waals surface area (Å²) < 4.78 is 6.18. The smallest absolute Gasteiger partial charge is 0.202 e. The Hall–Kier alpha value is -0.413. The molecule has 1 atom stereocenters. The molecule has 0 fully saturated rings. The number of hydrogen-bond acceptors (Lipinski definition) is 2. The fourth-order valence-corrected chi connectivity index (χ4v) is 6.29. The summed E-state index contributed by atoms with van der Waals surface area (Å²) in [6.45, 7) is 16.1. The van der Waals surface area contributed by atoms with Gasteiger partial charge in [-0.3, -0.25) is 4.79 Å². The molecule has 0 aliphatic heterocycles. The maximum Gasteiger partial charge on any atom is 0.202 e. The van der Waals surface area contributed by atoms with Gasteiger partial charge in [-0.2, -0.15) is 0 Å². The van der Waals surface area contributed by atoms with Crippen LogP contribution in [0, 0.1) is 0 Å². The second kappa shape index (κ2) is 6.35. The average Bonchev–Trinajstić information content (AvgIpc) is 2.15. The van der Waals surface area contributed by atoms with Crippen molar-refractivity contribution in [2.24, 2.45) is 0 Å². The van der Waals surface area contributed by atoms with Crippen molar-refractivity contribution >= 4 is 14.1 Å². The molecule has 0 unspecified atom stereocenters. The van der Waals surface area contributed by atoms with Crippen molar-refractivity contribution in [2.45, 2.75) is 64.8 Å². The molecule has 0 aliphatic rings. The number of rotatable bonds is 7. The van der Waals surface area contributed by atoms with E-state index in [1.165, 1.54) is 0 Å². The SMILES string of the molecule is C=CC[Si](O[C@H](C)C(C)=O)(C(C)C)C(C)C. The first-order chi connectivity index (χ1) is 7.27. The van der Waals surface area contributed by atoms with Crippen LogP contribution in [0.25, 0.3) is 0 Å². The molecule has 0 aromatic heterocycles. The fourth-order valence-electron chi connectivity index (χ4n) is 2.10. The van der Waals surface area contributed by atoms with Crippen molar-refractivity contribution < 1.29 is 9.22 Å². The number of hydrogen-bond donors (Lipinski definition) is 0. The van der Waals surface area contributed by atoms with Crippen LogP contribution in [0.5, 0.6) is 0 Å². The molecule has 0 saturated heterocycles. The van der Waals surface area contributed by atoms with Gasteiger partial charge in [0.15, 0.2) is 5.78 Å². The molecule has 0 bridgehead atoms. The van der Waals surface area contributed by atoms with Crippen molar-refractivity contribution in [3.8, 4) is 0 Å². The maximum atomic E-state index is 11.3. The number of carbonyl (C=O) groups is 1. The lowest BCUT2D eigenvalue weighted by atomic mass is 10.3. The lowest BCUT2D eigenvalue weighted by Crippen LogP contribution is -2.47. The zero-order chi connectivity index (χ0) is 12.9. The van der Waals surface area contributed by atoms with Crippen molar-refractivity contribution in [3.63, 3.8) is 0 Å². The predicted molar refractivity (Wildman–Crippen MR) is 72.2 cm³/mol. The lowest BCUT2D eigenvalue weighted by Gasteiger charge is -2.39. The largest absolute Gasteiger partial charge is 0.406 e. The Morgan fingerprint density at radius 1 is 1.25 bits per heavy atom. The number of ketones is 1. The van der Waals surface area contributed by atoms with E-state index in [0.717, 1.165) is 6.04 Å². The molecule has 0 N–H and O–H groups in total. The second-order valence-electron chi connectivity index (χ2n) is 5.13. The first-order valence-electron chi connectivity index (χ1n) is 6.07. The van der Waals surface area contributed by atoms with Crippen LogP contribution < -0.4 is 0 Å². The van der Waals surface area contributed by atoms with Gasteiger partial charge in [0.25, 0.3) is 0 Å². The number of Topliss-reactive ketones (excluding diaryl/α,β-unsaturated/α-hetero) is 1. The molecule has 0 radical (unpaired) electrons. The van der Waals surface area contributed by atoms with Crippen LogP contribution in [-0.2, 0) is 9.22 Å². The average molecular weight is 242 g/mol. The minimum absolute atomic E-state index is 0.113. The summed E-state index contributed by atoms with van der Waals surface area (Å²) in [5.41, 5.74) is 0.986. The van der Waals surface area contributed by atoms with Gasteiger partial charge in [-0.15, -0.1) is 6.58 Å². The molecule has 94 valence electrons. The summed E-state index contributed by atoms with van der Waals surface area (Å²) in [5.74, 6) is 0.113. The Morgan fingerprint density at radius 2 is 1.69 bits per heavy atom. The quantitative estimate of drug-likeness (QED) is 0.499. The highest BCUT2D eigenvalue weighted by atomic mass is 28.4. The maximum absolute atomic E-state index is 11.3. The molecule has 0 aromatic carbocycles. The van der Waals surface area contributed by atoms with Crippen LogP contribution in [0.15, 0.2) is 12.7 Å². The van der Waals surface area contributed by atoms with Gasteiger partial charge >= 0.3 is 0 Å². The van der Waals surface area contributed by atoms with Crippen molar-refractivity contribution in [2.75, 3.05) is 0 Å². The van der Waals surface area contributed by atoms with E-state index in [-0.39, 0.29) is 11.9 Å². The summed E-state index contributed by atoms with van der Waals surface area (Å²) in [6, 6.07) is 0.917. The Morgan fingerprint density at radius 3 is 1.94 bits per heavy atom. The number of allylic oxidation sites excluding steroid dienone is 1. The van der Waals surface area contributed by atoms with Crippen LogP contribution in [0.1, 0.15) is 41.5 Å². The van der Waals surface area contributed by atoms with E-state index in [1.807, 2.05) is 13.0 Å². The minimum atomic E-state index is -1.91. The van der Waals surface area contributed by atoms with Crippen molar-refractivity contribution in [1.29, 1.82) is 0 Å². The fraction of sp³-hybridized carbons (Fsp3) is 0.769. The zero-order valence-corrected chi connectivity index (χ0v) is 12.5. The van der Waals surface area contributed by atoms with Crippen LogP contribution in [-0.4, -0.2) is 20.2 Å². The van der Waals surface area contributed by atoms with Crippen molar-refractivity contribution in [1.82, 2.24) is 0 Å². The molecule has 0 rings (SSSR count). The van der Waals surface area contributed by atoms with Crippen LogP contribution >= 0.6 is 0 Å². The van der Waals surface area contributed by atoms with Gasteiger partial charge in [-0.25, -0.2) is 0 Å². The highest BCUT2D eigenvalue weighted by molar-refractivity contribution is 6.77. The summed E-state index contributed by atoms with van der Waals surface area (Å²) >= 11 is 0. The van der Waals surface area contributed by atoms with E-state index in [2.05, 4.69) is 34.3 Å². The van der Waals surface area contributed by atoms with Crippen LogP contribution in [0.3, 0.4) is 0 Å². The highest BCUT2D eigenvalue weighted by Gasteiger charge is 2.42. The molecule has 0 saturated carbocycles. The second-order valence-corrected chi connectivity index (χ2v) is 9.99. The third-order valence-corrected chi connectivity index (χ3v) is 9.01. The minimum Gasteiger partial charge on any atom is -0.406 e. The van der Waals surface area contributed by atoms with E-state index in [4.69, 9.17) is 4.43 Å². The van der Waals surface area contributed by atoms with Gasteiger partial charge in [-0.05, 0) is 31.0 Å². The Bertz CT molecular complexity index is 238. The molecule has 2 nitrogen and oxygen atoms in total. The van der Waals surface area contributed by atoms with Gasteiger partial charge in [0, 0.05) is 0 Å². The van der Waals surface area contributed by atoms with Crippen LogP contribution in [0.4, 0.5) is 0 Å². The van der Waals surface area contributed by atoms with Gasteiger partial charge in [0.05, 0.1) is 0 Å². The topological polar surface area (TPSA) is 26.3 Å². The summed E-state index contributed by atoms with van der Waals surface area (Å²) in [6.07, 6.45) is 1.66. The molecule has 0 heterocycles. The molecular formula is C13H26O2Si. The summed E-state index contributed by atoms with van der Waals surface area (Å²) in [4.78, 5) is 11.3. The Labute approximate surface area is 101 Å². The Kier molecular flexibility index (Phi) is 6.19. The molecule has 0 spiro atoms. The monoisotopic (exact) mass is 242 g/mol. The van der Waals surface area contributed by atoms with E-state index in [0.29, 0.717) is 11.1 Å². The number of carbonyl (C=O) groups excluding carboxylic acids is 1. The van der Waals surface area contributed by atoms with Gasteiger partial charge in [0.1, 0.15) is 6.10 Å².